The van der Waals surface area contributed by atoms with Crippen molar-refractivity contribution in [3.8, 4) is 17.1 Å². The van der Waals surface area contributed by atoms with Crippen LogP contribution >= 0.6 is 0 Å². The maximum Gasteiger partial charge on any atom is 0.255 e. The number of hydrogen-bond acceptors (Lipinski definition) is 9. The third-order valence-corrected chi connectivity index (χ3v) is 8.74. The number of ketones is 2. The molecule has 10 nitrogen and oxygen atoms in total. The number of primary amides is 1. The summed E-state index contributed by atoms with van der Waals surface area (Å²) in [5.41, 5.74) is 7.32. The van der Waals surface area contributed by atoms with Crippen molar-refractivity contribution in [3.05, 3.63) is 58.1 Å². The highest BCUT2D eigenvalue weighted by molar-refractivity contribution is 6.28. The highest BCUT2D eigenvalue weighted by Crippen LogP contribution is 2.52. The van der Waals surface area contributed by atoms with Crippen molar-refractivity contribution in [2.24, 2.45) is 23.5 Å². The highest BCUT2D eigenvalue weighted by atomic mass is 16.3. The van der Waals surface area contributed by atoms with E-state index in [4.69, 9.17) is 10.2 Å². The van der Waals surface area contributed by atoms with E-state index in [9.17, 15) is 29.7 Å². The fourth-order valence-electron chi connectivity index (χ4n) is 6.63. The molecule has 212 valence electrons. The number of fused-ring (bicyclic) bond motifs is 3. The van der Waals surface area contributed by atoms with Gasteiger partial charge in [0.2, 0.25) is 0 Å². The molecule has 3 aliphatic carbocycles. The summed E-state index contributed by atoms with van der Waals surface area (Å²) < 4.78 is 5.92. The van der Waals surface area contributed by atoms with E-state index in [0.29, 0.717) is 35.9 Å². The molecule has 10 heteroatoms. The van der Waals surface area contributed by atoms with E-state index in [1.54, 1.807) is 31.3 Å². The maximum absolute atomic E-state index is 13.9. The Balaban J connectivity index is 1.64. The number of benzene rings is 1. The molecule has 5 rings (SSSR count). The molecule has 5 N–H and O–H groups in total. The van der Waals surface area contributed by atoms with E-state index in [-0.39, 0.29) is 29.1 Å². The minimum Gasteiger partial charge on any atom is -0.510 e. The van der Waals surface area contributed by atoms with Gasteiger partial charge in [-0.1, -0.05) is 0 Å². The number of rotatable bonds is 6. The average molecular weight is 550 g/mol. The van der Waals surface area contributed by atoms with Crippen LogP contribution in [0.1, 0.15) is 37.0 Å². The molecule has 3 unspecified atom stereocenters. The number of furan rings is 1. The van der Waals surface area contributed by atoms with Crippen molar-refractivity contribution in [2.45, 2.75) is 45.3 Å². The predicted molar refractivity (Wildman–Crippen MR) is 147 cm³/mol. The van der Waals surface area contributed by atoms with Gasteiger partial charge >= 0.3 is 0 Å². The van der Waals surface area contributed by atoms with E-state index in [0.717, 1.165) is 5.56 Å². The van der Waals surface area contributed by atoms with Crippen LogP contribution in [-0.2, 0) is 27.3 Å². The monoisotopic (exact) mass is 549 g/mol. The van der Waals surface area contributed by atoms with Crippen LogP contribution in [0.4, 0.5) is 0 Å². The lowest BCUT2D eigenvalue weighted by Gasteiger charge is -2.46. The second-order valence-corrected chi connectivity index (χ2v) is 11.6. The molecule has 1 fully saturated rings. The number of allylic oxidation sites excluding steroid dienone is 1. The van der Waals surface area contributed by atoms with Crippen molar-refractivity contribution >= 4 is 23.2 Å². The normalized spacial score (nSPS) is 24.6. The molecule has 3 aliphatic rings. The zero-order chi connectivity index (χ0) is 29.2. The van der Waals surface area contributed by atoms with Crippen molar-refractivity contribution in [3.63, 3.8) is 0 Å². The molecule has 40 heavy (non-hydrogen) atoms. The fourth-order valence-corrected chi connectivity index (χ4v) is 6.63. The maximum atomic E-state index is 13.9. The standard InChI is InChI=1S/C30H35N3O7/c1-13(2)33(5)12-14-8-9-40-29(14)16-6-7-19(34)21-17(16)10-15-11-18-22(26(36)20(15)25(21)35)27(37)23(30(31)39)28(38)24(18)32(3)4/h6-9,13,15,18,22,24,34-35,38H,10-12H2,1-5H3,(H2,31,39)/t15?,18?,22?,24-/m0/s1. The van der Waals surface area contributed by atoms with Gasteiger partial charge in [-0.05, 0) is 83.4 Å². The second kappa shape index (κ2) is 9.94. The fraction of sp³-hybridized carbons (Fsp3) is 0.433. The van der Waals surface area contributed by atoms with E-state index < -0.39 is 52.6 Å². The molecule has 0 bridgehead atoms. The van der Waals surface area contributed by atoms with Crippen LogP contribution in [0.25, 0.3) is 17.1 Å². The molecule has 0 spiro atoms. The van der Waals surface area contributed by atoms with E-state index >= 15 is 0 Å². The Morgan fingerprint density at radius 3 is 2.42 bits per heavy atom. The van der Waals surface area contributed by atoms with Gasteiger partial charge in [-0.2, -0.15) is 0 Å². The van der Waals surface area contributed by atoms with Gasteiger partial charge in [0.05, 0.1) is 23.8 Å². The van der Waals surface area contributed by atoms with Crippen molar-refractivity contribution in [1.82, 2.24) is 9.80 Å². The number of nitrogens with zero attached hydrogens (tertiary/aromatic N) is 2. The molecule has 1 aromatic heterocycles. The third-order valence-electron chi connectivity index (χ3n) is 8.74. The summed E-state index contributed by atoms with van der Waals surface area (Å²) in [5, 5.41) is 33.2. The second-order valence-electron chi connectivity index (χ2n) is 11.6. The van der Waals surface area contributed by atoms with Crippen LogP contribution < -0.4 is 5.73 Å². The number of amides is 1. The van der Waals surface area contributed by atoms with Gasteiger partial charge in [0, 0.05) is 29.3 Å². The third kappa shape index (κ3) is 4.13. The minimum absolute atomic E-state index is 0.0523. The molecule has 1 heterocycles. The molecule has 0 saturated heterocycles. The topological polar surface area (TPSA) is 158 Å². The van der Waals surface area contributed by atoms with Gasteiger partial charge in [-0.25, -0.2) is 0 Å². The zero-order valence-electron chi connectivity index (χ0n) is 23.3. The van der Waals surface area contributed by atoms with Crippen LogP contribution in [0.3, 0.4) is 0 Å². The Morgan fingerprint density at radius 1 is 1.10 bits per heavy atom. The number of nitrogens with two attached hydrogens (primary N) is 1. The van der Waals surface area contributed by atoms with Gasteiger partial charge in [-0.3, -0.25) is 24.2 Å². The number of aliphatic hydroxyl groups excluding tert-OH is 2. The number of aliphatic hydroxyl groups is 2. The Bertz CT molecular complexity index is 1480. The summed E-state index contributed by atoms with van der Waals surface area (Å²) in [5.74, 6) is -5.36. The number of aromatic hydroxyl groups is 1. The number of likely N-dealkylation sites (N-methyl/N-ethyl adjacent to an activating group) is 1. The molecule has 0 aliphatic heterocycles. The lowest BCUT2D eigenvalue weighted by Crippen LogP contribution is -2.55. The SMILES string of the molecule is CC(C)N(C)Cc1ccoc1-c1ccc(O)c2c1CC1CC3C(C(=O)C(C(N)=O)=C(O)[C@H]3N(C)C)C(=O)C1=C2O. The van der Waals surface area contributed by atoms with E-state index in [1.807, 2.05) is 13.1 Å². The number of phenols is 1. The Morgan fingerprint density at radius 2 is 1.80 bits per heavy atom. The first-order valence-electron chi connectivity index (χ1n) is 13.4. The first-order chi connectivity index (χ1) is 18.8. The Labute approximate surface area is 232 Å². The minimum atomic E-state index is -1.28. The van der Waals surface area contributed by atoms with Crippen LogP contribution in [0, 0.1) is 17.8 Å². The first-order valence-corrected chi connectivity index (χ1v) is 13.4. The quantitative estimate of drug-likeness (QED) is 0.314. The summed E-state index contributed by atoms with van der Waals surface area (Å²) in [6.45, 7) is 4.81. The van der Waals surface area contributed by atoms with Gasteiger partial charge in [-0.15, -0.1) is 0 Å². The molecular weight excluding hydrogens is 514 g/mol. The lowest BCUT2D eigenvalue weighted by atomic mass is 9.59. The van der Waals surface area contributed by atoms with Crippen LogP contribution in [-0.4, -0.2) is 75.8 Å². The average Bonchev–Trinajstić information content (AvgIpc) is 3.30. The molecule has 0 radical (unpaired) electrons. The molecule has 1 amide bonds. The number of Topliss-reactive ketones (excluding diaryl/α,β-unsaturated/α-hetero) is 2. The molecule has 4 atom stereocenters. The van der Waals surface area contributed by atoms with Crippen molar-refractivity contribution < 1.29 is 34.1 Å². The van der Waals surface area contributed by atoms with Gasteiger partial charge in [0.25, 0.3) is 5.91 Å². The van der Waals surface area contributed by atoms with Crippen LogP contribution in [0.15, 0.2) is 45.8 Å². The summed E-state index contributed by atoms with van der Waals surface area (Å²) in [4.78, 5) is 43.2. The Kier molecular flexibility index (Phi) is 6.87. The molecular formula is C30H35N3O7. The summed E-state index contributed by atoms with van der Waals surface area (Å²) in [7, 11) is 5.40. The van der Waals surface area contributed by atoms with E-state index in [2.05, 4.69) is 18.7 Å². The summed E-state index contributed by atoms with van der Waals surface area (Å²) >= 11 is 0. The number of phenolic OH excluding ortho intramolecular Hbond substituents is 1. The summed E-state index contributed by atoms with van der Waals surface area (Å²) in [6.07, 6.45) is 2.20. The van der Waals surface area contributed by atoms with Crippen LogP contribution in [0.5, 0.6) is 5.75 Å². The van der Waals surface area contributed by atoms with Gasteiger partial charge < -0.3 is 25.5 Å². The van der Waals surface area contributed by atoms with Crippen LogP contribution in [0.2, 0.25) is 0 Å². The molecule has 1 saturated carbocycles. The first kappa shape index (κ1) is 27.7. The van der Waals surface area contributed by atoms with Crippen molar-refractivity contribution in [1.29, 1.82) is 0 Å². The number of hydrogen-bond donors (Lipinski definition) is 4. The summed E-state index contributed by atoms with van der Waals surface area (Å²) in [6, 6.07) is 4.62. The molecule has 2 aromatic rings. The number of carbonyl (C=O) groups excluding carboxylic acids is 3. The lowest BCUT2D eigenvalue weighted by molar-refractivity contribution is -0.136. The largest absolute Gasteiger partial charge is 0.510 e. The zero-order valence-corrected chi connectivity index (χ0v) is 23.3. The smallest absolute Gasteiger partial charge is 0.255 e. The Hall–Kier alpha value is -3.89. The molecule has 1 aromatic carbocycles. The van der Waals surface area contributed by atoms with Gasteiger partial charge in [0.1, 0.15) is 28.6 Å². The van der Waals surface area contributed by atoms with Gasteiger partial charge in [0.15, 0.2) is 11.6 Å². The predicted octanol–water partition coefficient (Wildman–Crippen LogP) is 2.95. The highest BCUT2D eigenvalue weighted by Gasteiger charge is 2.55. The number of carbonyl (C=O) groups is 3. The van der Waals surface area contributed by atoms with E-state index in [1.165, 1.54) is 6.07 Å². The van der Waals surface area contributed by atoms with Crippen molar-refractivity contribution in [2.75, 3.05) is 21.1 Å².